The van der Waals surface area contributed by atoms with Gasteiger partial charge < -0.3 is 5.73 Å². The minimum absolute atomic E-state index is 0.237. The summed E-state index contributed by atoms with van der Waals surface area (Å²) in [7, 11) is 0. The van der Waals surface area contributed by atoms with Crippen LogP contribution in [0.2, 0.25) is 0 Å². The molecule has 0 aliphatic rings. The van der Waals surface area contributed by atoms with Crippen LogP contribution in [0, 0.1) is 24.1 Å². The lowest BCUT2D eigenvalue weighted by Gasteiger charge is -2.02. The van der Waals surface area contributed by atoms with Crippen molar-refractivity contribution in [3.63, 3.8) is 0 Å². The molecule has 72 valence electrons. The maximum Gasteiger partial charge on any atom is 0.124 e. The third kappa shape index (κ3) is 2.60. The van der Waals surface area contributed by atoms with E-state index >= 15 is 0 Å². The summed E-state index contributed by atoms with van der Waals surface area (Å²) in [5.41, 5.74) is 7.54. The Balaban J connectivity index is 3.02. The normalized spacial score (nSPS) is 11.1. The second-order valence-electron chi connectivity index (χ2n) is 3.04. The quantitative estimate of drug-likeness (QED) is 0.778. The molecule has 0 aliphatic heterocycles. The second kappa shape index (κ2) is 4.43. The second-order valence-corrected chi connectivity index (χ2v) is 3.04. The molecule has 1 aromatic rings. The maximum absolute atomic E-state index is 13.0. The average molecular weight is 190 g/mol. The maximum atomic E-state index is 13.0. The largest absolute Gasteiger partial charge is 0.398 e. The fraction of sp³-hybridized carbons (Fsp3) is 0.182. The van der Waals surface area contributed by atoms with Gasteiger partial charge in [-0.2, -0.15) is 5.26 Å². The smallest absolute Gasteiger partial charge is 0.124 e. The monoisotopic (exact) mass is 190 g/mol. The van der Waals surface area contributed by atoms with Crippen molar-refractivity contribution >= 4 is 5.70 Å². The highest BCUT2D eigenvalue weighted by Gasteiger charge is 2.00. The standard InChI is InChI=1S/C11H11FN2/c1-8-5-9(7-10(12)6-8)11(14)3-2-4-13/h3,5-7H,2,14H2,1H3/b11-3+. The number of rotatable bonds is 2. The molecule has 0 aliphatic carbocycles. The first-order valence-electron chi connectivity index (χ1n) is 4.23. The van der Waals surface area contributed by atoms with Gasteiger partial charge in [0.25, 0.3) is 0 Å². The molecule has 0 spiro atoms. The van der Waals surface area contributed by atoms with Gasteiger partial charge in [-0.25, -0.2) is 4.39 Å². The van der Waals surface area contributed by atoms with Crippen molar-refractivity contribution in [2.75, 3.05) is 0 Å². The third-order valence-electron chi connectivity index (χ3n) is 1.79. The van der Waals surface area contributed by atoms with Crippen LogP contribution in [0.25, 0.3) is 5.70 Å². The van der Waals surface area contributed by atoms with Crippen LogP contribution in [0.4, 0.5) is 4.39 Å². The highest BCUT2D eigenvalue weighted by molar-refractivity contribution is 5.63. The molecular weight excluding hydrogens is 179 g/mol. The number of halogens is 1. The van der Waals surface area contributed by atoms with Crippen molar-refractivity contribution in [1.82, 2.24) is 0 Å². The average Bonchev–Trinajstić information content (AvgIpc) is 2.12. The SMILES string of the molecule is Cc1cc(F)cc(/C(N)=C\CC#N)c1. The Hall–Kier alpha value is -1.82. The summed E-state index contributed by atoms with van der Waals surface area (Å²) < 4.78 is 13.0. The van der Waals surface area contributed by atoms with Crippen LogP contribution >= 0.6 is 0 Å². The van der Waals surface area contributed by atoms with E-state index in [1.165, 1.54) is 12.1 Å². The molecule has 14 heavy (non-hydrogen) atoms. The van der Waals surface area contributed by atoms with Gasteiger partial charge in [0.2, 0.25) is 0 Å². The van der Waals surface area contributed by atoms with Gasteiger partial charge in [0, 0.05) is 11.3 Å². The van der Waals surface area contributed by atoms with E-state index in [9.17, 15) is 4.39 Å². The van der Waals surface area contributed by atoms with E-state index in [1.54, 1.807) is 19.1 Å². The fourth-order valence-corrected chi connectivity index (χ4v) is 1.18. The van der Waals surface area contributed by atoms with Gasteiger partial charge in [-0.1, -0.05) is 0 Å². The lowest BCUT2D eigenvalue weighted by Crippen LogP contribution is -1.97. The van der Waals surface area contributed by atoms with Crippen LogP contribution in [-0.4, -0.2) is 0 Å². The lowest BCUT2D eigenvalue weighted by molar-refractivity contribution is 0.626. The molecule has 2 nitrogen and oxygen atoms in total. The van der Waals surface area contributed by atoms with Gasteiger partial charge in [-0.05, 0) is 36.8 Å². The van der Waals surface area contributed by atoms with E-state index < -0.39 is 0 Å². The van der Waals surface area contributed by atoms with Crippen LogP contribution in [0.15, 0.2) is 24.3 Å². The molecule has 0 amide bonds. The number of nitriles is 1. The molecule has 1 aromatic carbocycles. The number of allylic oxidation sites excluding steroid dienone is 1. The summed E-state index contributed by atoms with van der Waals surface area (Å²) in [5, 5.41) is 8.35. The predicted molar refractivity (Wildman–Crippen MR) is 53.5 cm³/mol. The zero-order valence-corrected chi connectivity index (χ0v) is 7.92. The van der Waals surface area contributed by atoms with Gasteiger partial charge in [-0.3, -0.25) is 0 Å². The number of nitrogens with zero attached hydrogens (tertiary/aromatic N) is 1. The summed E-state index contributed by atoms with van der Waals surface area (Å²) in [6.45, 7) is 1.80. The van der Waals surface area contributed by atoms with Crippen molar-refractivity contribution in [3.8, 4) is 6.07 Å². The number of benzene rings is 1. The number of nitrogens with two attached hydrogens (primary N) is 1. The van der Waals surface area contributed by atoms with Gasteiger partial charge in [-0.15, -0.1) is 0 Å². The summed E-state index contributed by atoms with van der Waals surface area (Å²) in [5.74, 6) is -0.312. The lowest BCUT2D eigenvalue weighted by atomic mass is 10.1. The van der Waals surface area contributed by atoms with Crippen molar-refractivity contribution in [2.24, 2.45) is 5.73 Å². The van der Waals surface area contributed by atoms with E-state index in [4.69, 9.17) is 11.0 Å². The van der Waals surface area contributed by atoms with E-state index in [0.29, 0.717) is 11.3 Å². The molecular formula is C11H11FN2. The molecule has 0 saturated heterocycles. The van der Waals surface area contributed by atoms with Gasteiger partial charge in [0.05, 0.1) is 12.5 Å². The number of aryl methyl sites for hydroxylation is 1. The Morgan fingerprint density at radius 2 is 2.29 bits per heavy atom. The predicted octanol–water partition coefficient (Wildman–Crippen LogP) is 2.35. The molecule has 3 heteroatoms. The van der Waals surface area contributed by atoms with Crippen molar-refractivity contribution in [2.45, 2.75) is 13.3 Å². The van der Waals surface area contributed by atoms with E-state index in [2.05, 4.69) is 0 Å². The van der Waals surface area contributed by atoms with E-state index in [0.717, 1.165) is 5.56 Å². The Morgan fingerprint density at radius 3 is 2.86 bits per heavy atom. The van der Waals surface area contributed by atoms with Crippen molar-refractivity contribution < 1.29 is 4.39 Å². The summed E-state index contributed by atoms with van der Waals surface area (Å²) in [6.07, 6.45) is 1.82. The number of hydrogen-bond donors (Lipinski definition) is 1. The first kappa shape index (κ1) is 10.3. The van der Waals surface area contributed by atoms with E-state index in [-0.39, 0.29) is 12.2 Å². The molecule has 0 unspecified atom stereocenters. The van der Waals surface area contributed by atoms with Crippen LogP contribution in [0.3, 0.4) is 0 Å². The fourth-order valence-electron chi connectivity index (χ4n) is 1.18. The topological polar surface area (TPSA) is 49.8 Å². The first-order chi connectivity index (χ1) is 6.63. The summed E-state index contributed by atoms with van der Waals surface area (Å²) in [6, 6.07) is 6.52. The minimum Gasteiger partial charge on any atom is -0.398 e. The molecule has 0 radical (unpaired) electrons. The molecule has 0 atom stereocenters. The van der Waals surface area contributed by atoms with Gasteiger partial charge >= 0.3 is 0 Å². The zero-order valence-electron chi connectivity index (χ0n) is 7.92. The molecule has 0 fully saturated rings. The Labute approximate surface area is 82.5 Å². The van der Waals surface area contributed by atoms with Crippen LogP contribution in [-0.2, 0) is 0 Å². The van der Waals surface area contributed by atoms with Crippen LogP contribution in [0.1, 0.15) is 17.5 Å². The van der Waals surface area contributed by atoms with Crippen LogP contribution < -0.4 is 5.73 Å². The molecule has 1 rings (SSSR count). The highest BCUT2D eigenvalue weighted by atomic mass is 19.1. The zero-order chi connectivity index (χ0) is 10.6. The molecule has 0 bridgehead atoms. The van der Waals surface area contributed by atoms with Crippen molar-refractivity contribution in [3.05, 3.63) is 41.2 Å². The van der Waals surface area contributed by atoms with Gasteiger partial charge in [0.1, 0.15) is 5.82 Å². The molecule has 0 saturated carbocycles. The molecule has 2 N–H and O–H groups in total. The van der Waals surface area contributed by atoms with Gasteiger partial charge in [0.15, 0.2) is 0 Å². The molecule has 0 aromatic heterocycles. The van der Waals surface area contributed by atoms with E-state index in [1.807, 2.05) is 6.07 Å². The molecule has 0 heterocycles. The van der Waals surface area contributed by atoms with Crippen molar-refractivity contribution in [1.29, 1.82) is 5.26 Å². The minimum atomic E-state index is -0.312. The Bertz CT molecular complexity index is 382. The van der Waals surface area contributed by atoms with Crippen LogP contribution in [0.5, 0.6) is 0 Å². The Kier molecular flexibility index (Phi) is 3.24. The Morgan fingerprint density at radius 1 is 1.57 bits per heavy atom. The highest BCUT2D eigenvalue weighted by Crippen LogP contribution is 2.14. The third-order valence-corrected chi connectivity index (χ3v) is 1.79. The first-order valence-corrected chi connectivity index (χ1v) is 4.23. The summed E-state index contributed by atoms with van der Waals surface area (Å²) in [4.78, 5) is 0. The number of hydrogen-bond acceptors (Lipinski definition) is 2. The summed E-state index contributed by atoms with van der Waals surface area (Å²) >= 11 is 0.